The van der Waals surface area contributed by atoms with Crippen LogP contribution in [0.25, 0.3) is 18.2 Å². The highest BCUT2D eigenvalue weighted by Gasteiger charge is 2.22. The summed E-state index contributed by atoms with van der Waals surface area (Å²) >= 11 is 5.27. The molecule has 2 saturated heterocycles. The number of carboxylic acids is 1. The topological polar surface area (TPSA) is 112 Å². The van der Waals surface area contributed by atoms with Crippen molar-refractivity contribution in [3.8, 4) is 17.2 Å². The molecule has 0 aromatic heterocycles. The summed E-state index contributed by atoms with van der Waals surface area (Å²) in [6, 6.07) is 21.0. The summed E-state index contributed by atoms with van der Waals surface area (Å²) in [5, 5.41) is 26.0. The molecule has 39 heavy (non-hydrogen) atoms. The van der Waals surface area contributed by atoms with Gasteiger partial charge in [-0.05, 0) is 59.2 Å². The van der Waals surface area contributed by atoms with Gasteiger partial charge in [-0.3, -0.25) is 0 Å². The van der Waals surface area contributed by atoms with Crippen LogP contribution in [0.2, 0.25) is 0 Å². The number of carbonyl (C=O) groups is 1. The van der Waals surface area contributed by atoms with Gasteiger partial charge in [0, 0.05) is 6.08 Å². The van der Waals surface area contributed by atoms with Crippen LogP contribution in [0.5, 0.6) is 17.2 Å². The first-order valence-corrected chi connectivity index (χ1v) is 12.6. The molecule has 2 unspecified atom stereocenters. The van der Waals surface area contributed by atoms with Crippen LogP contribution >= 0.6 is 11.6 Å². The second-order valence-corrected chi connectivity index (χ2v) is 8.52. The number of aliphatic carboxylic acids is 1. The molecule has 8 heteroatoms. The van der Waals surface area contributed by atoms with Crippen LogP contribution in [0.1, 0.15) is 16.7 Å². The van der Waals surface area contributed by atoms with Gasteiger partial charge in [0.1, 0.15) is 30.0 Å². The summed E-state index contributed by atoms with van der Waals surface area (Å²) in [5.41, 5.74) is 2.87. The minimum absolute atomic E-state index is 0.169. The van der Waals surface area contributed by atoms with E-state index in [1.165, 1.54) is 18.2 Å². The first-order chi connectivity index (χ1) is 18.8. The van der Waals surface area contributed by atoms with E-state index >= 15 is 0 Å². The van der Waals surface area contributed by atoms with E-state index in [2.05, 4.69) is 13.2 Å². The number of hydrogen-bond acceptors (Lipinski definition) is 6. The molecule has 0 saturated carbocycles. The van der Waals surface area contributed by atoms with Crippen LogP contribution in [0.3, 0.4) is 0 Å². The smallest absolute Gasteiger partial charge is 0.328 e. The Morgan fingerprint density at radius 3 is 1.62 bits per heavy atom. The monoisotopic (exact) mass is 552 g/mol. The maximum absolute atomic E-state index is 10.1. The molecule has 2 fully saturated rings. The molecule has 3 aromatic rings. The van der Waals surface area contributed by atoms with Gasteiger partial charge in [-0.1, -0.05) is 61.7 Å². The Morgan fingerprint density at radius 1 is 0.821 bits per heavy atom. The zero-order valence-corrected chi connectivity index (χ0v) is 22.2. The van der Waals surface area contributed by atoms with Crippen molar-refractivity contribution in [2.24, 2.45) is 0 Å². The summed E-state index contributed by atoms with van der Waals surface area (Å²) in [6.07, 6.45) is 6.78. The SMILES string of the molecule is C=Cc1ccc(O)cc1.C=Cc1ccc(OCC2CO2)cc1.ClCC1CO1.O=C(O)/C=C/c1ccc(O)cc1. The van der Waals surface area contributed by atoms with Gasteiger partial charge < -0.3 is 29.5 Å². The zero-order valence-electron chi connectivity index (χ0n) is 21.5. The van der Waals surface area contributed by atoms with E-state index in [0.29, 0.717) is 30.4 Å². The molecule has 2 aliphatic heterocycles. The number of aromatic hydroxyl groups is 2. The van der Waals surface area contributed by atoms with Gasteiger partial charge >= 0.3 is 5.97 Å². The van der Waals surface area contributed by atoms with Crippen LogP contribution in [0, 0.1) is 0 Å². The number of phenolic OH excluding ortho intramolecular Hbond substituents is 2. The molecule has 0 bridgehead atoms. The Bertz CT molecular complexity index is 1170. The van der Waals surface area contributed by atoms with Crippen LogP contribution in [0.4, 0.5) is 0 Å². The lowest BCUT2D eigenvalue weighted by Crippen LogP contribution is -2.03. The molecule has 0 amide bonds. The molecule has 7 nitrogen and oxygen atoms in total. The number of carboxylic acid groups (broad SMARTS) is 1. The van der Waals surface area contributed by atoms with Crippen molar-refractivity contribution < 1.29 is 34.3 Å². The van der Waals surface area contributed by atoms with Gasteiger partial charge in [0.2, 0.25) is 0 Å². The lowest BCUT2D eigenvalue weighted by molar-refractivity contribution is -0.131. The largest absolute Gasteiger partial charge is 0.508 e. The minimum atomic E-state index is -0.983. The summed E-state index contributed by atoms with van der Waals surface area (Å²) < 4.78 is 15.2. The van der Waals surface area contributed by atoms with Crippen molar-refractivity contribution in [2.45, 2.75) is 12.2 Å². The van der Waals surface area contributed by atoms with Gasteiger partial charge in [0.05, 0.1) is 25.2 Å². The number of ether oxygens (including phenoxy) is 3. The molecule has 0 radical (unpaired) electrons. The molecule has 2 atom stereocenters. The van der Waals surface area contributed by atoms with E-state index in [1.54, 1.807) is 30.3 Å². The Hall–Kier alpha value is -4.04. The molecule has 3 aromatic carbocycles. The van der Waals surface area contributed by atoms with Crippen LogP contribution in [0.15, 0.2) is 92.0 Å². The van der Waals surface area contributed by atoms with E-state index < -0.39 is 5.97 Å². The first-order valence-electron chi connectivity index (χ1n) is 12.1. The quantitative estimate of drug-likeness (QED) is 0.172. The Kier molecular flexibility index (Phi) is 14.0. The first kappa shape index (κ1) is 31.2. The van der Waals surface area contributed by atoms with Gasteiger partial charge in [0.25, 0.3) is 0 Å². The summed E-state index contributed by atoms with van der Waals surface area (Å²) in [4.78, 5) is 10.1. The third kappa shape index (κ3) is 15.1. The molecule has 0 aliphatic carbocycles. The molecule has 0 spiro atoms. The van der Waals surface area contributed by atoms with Crippen molar-refractivity contribution >= 4 is 35.8 Å². The Morgan fingerprint density at radius 2 is 1.26 bits per heavy atom. The van der Waals surface area contributed by atoms with E-state index in [-0.39, 0.29) is 5.75 Å². The third-order valence-corrected chi connectivity index (χ3v) is 5.31. The van der Waals surface area contributed by atoms with E-state index in [9.17, 15) is 4.79 Å². The highest BCUT2D eigenvalue weighted by Crippen LogP contribution is 2.16. The average molecular weight is 553 g/mol. The molecule has 5 rings (SSSR count). The van der Waals surface area contributed by atoms with Crippen molar-refractivity contribution in [1.82, 2.24) is 0 Å². The third-order valence-electron chi connectivity index (χ3n) is 4.97. The fourth-order valence-corrected chi connectivity index (χ4v) is 2.75. The van der Waals surface area contributed by atoms with Gasteiger partial charge in [-0.25, -0.2) is 4.79 Å². The maximum Gasteiger partial charge on any atom is 0.328 e. The van der Waals surface area contributed by atoms with Crippen LogP contribution < -0.4 is 4.74 Å². The molecule has 2 heterocycles. The lowest BCUT2D eigenvalue weighted by Gasteiger charge is -2.03. The van der Waals surface area contributed by atoms with Gasteiger partial charge in [-0.15, -0.1) is 11.6 Å². The fraction of sp³-hybridized carbons (Fsp3) is 0.194. The summed E-state index contributed by atoms with van der Waals surface area (Å²) in [6.45, 7) is 9.64. The van der Waals surface area contributed by atoms with Crippen molar-refractivity contribution in [2.75, 3.05) is 25.7 Å². The summed E-state index contributed by atoms with van der Waals surface area (Å²) in [5.74, 6) is 1.03. The number of epoxide rings is 2. The average Bonchev–Trinajstić information content (AvgIpc) is 3.88. The second kappa shape index (κ2) is 17.5. The fourth-order valence-electron chi connectivity index (χ4n) is 2.57. The zero-order chi connectivity index (χ0) is 28.5. The molecule has 206 valence electrons. The van der Waals surface area contributed by atoms with Crippen LogP contribution in [-0.2, 0) is 14.3 Å². The standard InChI is InChI=1S/C11H12O2.C9H8O3.C8H8O.C3H5ClO/c1-2-9-3-5-10(6-4-9)12-7-11-8-13-11;10-8-4-1-7(2-5-8)3-6-9(11)12;1-2-7-3-5-8(9)6-4-7;4-1-3-2-5-3/h2-6,11H,1,7-8H2;1-6,10H,(H,11,12);2-6,9H,1H2;3H,1-2H2/b;6-3+;;. The van der Waals surface area contributed by atoms with E-state index in [1.807, 2.05) is 42.5 Å². The maximum atomic E-state index is 10.1. The number of benzene rings is 3. The minimum Gasteiger partial charge on any atom is -0.508 e. The predicted octanol–water partition coefficient (Wildman–Crippen LogP) is 6.26. The van der Waals surface area contributed by atoms with E-state index in [0.717, 1.165) is 41.7 Å². The molecule has 2 aliphatic rings. The predicted molar refractivity (Wildman–Crippen MR) is 155 cm³/mol. The number of hydrogen-bond donors (Lipinski definition) is 3. The van der Waals surface area contributed by atoms with Gasteiger partial charge in [0.15, 0.2) is 0 Å². The molecule has 3 N–H and O–H groups in total. The van der Waals surface area contributed by atoms with Gasteiger partial charge in [-0.2, -0.15) is 0 Å². The number of rotatable bonds is 8. The molecular weight excluding hydrogens is 520 g/mol. The number of phenols is 2. The Labute approximate surface area is 233 Å². The number of alkyl halides is 1. The molecular formula is C31H33ClO7. The highest BCUT2D eigenvalue weighted by molar-refractivity contribution is 6.18. The van der Waals surface area contributed by atoms with Crippen molar-refractivity contribution in [1.29, 1.82) is 0 Å². The van der Waals surface area contributed by atoms with Crippen molar-refractivity contribution in [3.05, 3.63) is 109 Å². The number of halogens is 1. The highest BCUT2D eigenvalue weighted by atomic mass is 35.5. The normalized spacial score (nSPS) is 16.1. The lowest BCUT2D eigenvalue weighted by atomic mass is 10.2. The summed E-state index contributed by atoms with van der Waals surface area (Å²) in [7, 11) is 0. The van der Waals surface area contributed by atoms with Crippen LogP contribution in [-0.4, -0.2) is 59.2 Å². The van der Waals surface area contributed by atoms with Crippen molar-refractivity contribution in [3.63, 3.8) is 0 Å². The second-order valence-electron chi connectivity index (χ2n) is 8.21. The van der Waals surface area contributed by atoms with E-state index in [4.69, 9.17) is 41.1 Å². The Balaban J connectivity index is 0.000000191.